The molecule has 1 atom stereocenters. The van der Waals surface area contributed by atoms with E-state index in [1.807, 2.05) is 0 Å². The first-order chi connectivity index (χ1) is 18.1. The van der Waals surface area contributed by atoms with Crippen LogP contribution < -0.4 is 4.90 Å². The summed E-state index contributed by atoms with van der Waals surface area (Å²) >= 11 is 0. The molecule has 0 bridgehead atoms. The third-order valence-corrected chi connectivity index (χ3v) is 6.31. The minimum Gasteiger partial charge on any atom is -0.391 e. The quantitative estimate of drug-likeness (QED) is 0.375. The van der Waals surface area contributed by atoms with Gasteiger partial charge in [-0.15, -0.1) is 20.4 Å². The zero-order valence-electron chi connectivity index (χ0n) is 19.3. The third-order valence-electron chi connectivity index (χ3n) is 6.31. The van der Waals surface area contributed by atoms with Crippen LogP contribution in [0.2, 0.25) is 0 Å². The molecule has 1 fully saturated rings. The van der Waals surface area contributed by atoms with Gasteiger partial charge in [0.2, 0.25) is 11.5 Å². The summed E-state index contributed by atoms with van der Waals surface area (Å²) in [5.74, 6) is -4.38. The molecule has 0 saturated carbocycles. The fraction of sp³-hybridized carbons (Fsp3) is 0.364. The molecule has 1 aromatic carbocycles. The van der Waals surface area contributed by atoms with E-state index >= 15 is 8.78 Å². The van der Waals surface area contributed by atoms with E-state index in [1.165, 1.54) is 24.3 Å². The maximum atomic E-state index is 15.4. The standard InChI is InChI=1S/C22H17F5N10O/c23-20(24,12-4-2-1-3-5-12)19-30-17-16(18(31-19)36-7-6-13(38)9-36)32-37(33-17)10-15-14(8-28-11-29-15)21(34-35-21)22(25,26)27/h1-5,8,11,13,38H,6-7,9-10H2/t13-/m0/s1. The molecule has 1 saturated heterocycles. The summed E-state index contributed by atoms with van der Waals surface area (Å²) in [5, 5.41) is 24.9. The fourth-order valence-electron chi connectivity index (χ4n) is 4.31. The molecule has 11 nitrogen and oxygen atoms in total. The lowest BCUT2D eigenvalue weighted by molar-refractivity contribution is -0.166. The lowest BCUT2D eigenvalue weighted by atomic mass is 10.0. The summed E-state index contributed by atoms with van der Waals surface area (Å²) in [4.78, 5) is 18.3. The molecule has 38 heavy (non-hydrogen) atoms. The molecular formula is C22H17F5N10O. The second-order valence-electron chi connectivity index (χ2n) is 8.86. The number of aromatic nitrogens is 7. The van der Waals surface area contributed by atoms with Gasteiger partial charge in [-0.3, -0.25) is 0 Å². The highest BCUT2D eigenvalue weighted by molar-refractivity contribution is 5.82. The largest absolute Gasteiger partial charge is 0.442 e. The Labute approximate surface area is 210 Å². The molecule has 0 amide bonds. The van der Waals surface area contributed by atoms with Crippen molar-refractivity contribution >= 4 is 17.0 Å². The van der Waals surface area contributed by atoms with Gasteiger partial charge in [0.15, 0.2) is 11.3 Å². The topological polar surface area (TPSA) is 130 Å². The first kappa shape index (κ1) is 24.1. The highest BCUT2D eigenvalue weighted by Gasteiger charge is 2.66. The van der Waals surface area contributed by atoms with Gasteiger partial charge in [0.25, 0.3) is 0 Å². The zero-order valence-corrected chi connectivity index (χ0v) is 19.3. The van der Waals surface area contributed by atoms with Gasteiger partial charge < -0.3 is 10.0 Å². The maximum Gasteiger partial charge on any atom is 0.442 e. The summed E-state index contributed by atoms with van der Waals surface area (Å²) in [7, 11) is 0. The lowest BCUT2D eigenvalue weighted by Crippen LogP contribution is -2.32. The highest BCUT2D eigenvalue weighted by Crippen LogP contribution is 2.52. The predicted octanol–water partition coefficient (Wildman–Crippen LogP) is 2.95. The van der Waals surface area contributed by atoms with Gasteiger partial charge in [0.05, 0.1) is 17.4 Å². The van der Waals surface area contributed by atoms with Crippen LogP contribution in [-0.4, -0.2) is 65.4 Å². The zero-order chi connectivity index (χ0) is 26.7. The van der Waals surface area contributed by atoms with Crippen molar-refractivity contribution in [2.75, 3.05) is 18.0 Å². The number of anilines is 1. The molecule has 3 aromatic heterocycles. The Morgan fingerprint density at radius 2 is 1.79 bits per heavy atom. The second kappa shape index (κ2) is 8.41. The first-order valence-corrected chi connectivity index (χ1v) is 11.4. The Morgan fingerprint density at radius 1 is 1.03 bits per heavy atom. The number of nitrogens with zero attached hydrogens (tertiary/aromatic N) is 10. The summed E-state index contributed by atoms with van der Waals surface area (Å²) in [6.45, 7) is 0.0791. The highest BCUT2D eigenvalue weighted by atomic mass is 19.4. The minimum atomic E-state index is -4.80. The van der Waals surface area contributed by atoms with E-state index in [-0.39, 0.29) is 46.9 Å². The minimum absolute atomic E-state index is 0.0327. The van der Waals surface area contributed by atoms with Gasteiger partial charge in [0, 0.05) is 24.8 Å². The van der Waals surface area contributed by atoms with Gasteiger partial charge >= 0.3 is 17.8 Å². The van der Waals surface area contributed by atoms with Crippen molar-refractivity contribution < 1.29 is 27.1 Å². The van der Waals surface area contributed by atoms with Crippen LogP contribution in [0.3, 0.4) is 0 Å². The molecule has 4 aromatic rings. The Bertz CT molecular complexity index is 1530. The molecule has 16 heteroatoms. The van der Waals surface area contributed by atoms with Gasteiger partial charge in [-0.1, -0.05) is 30.3 Å². The maximum absolute atomic E-state index is 15.4. The van der Waals surface area contributed by atoms with Crippen molar-refractivity contribution in [3.63, 3.8) is 0 Å². The summed E-state index contributed by atoms with van der Waals surface area (Å²) in [5.41, 5.74) is -3.74. The number of alkyl halides is 5. The number of fused-ring (bicyclic) bond motifs is 1. The summed E-state index contributed by atoms with van der Waals surface area (Å²) in [6.07, 6.45) is -3.08. The van der Waals surface area contributed by atoms with Crippen LogP contribution >= 0.6 is 0 Å². The van der Waals surface area contributed by atoms with Crippen molar-refractivity contribution in [3.8, 4) is 0 Å². The van der Waals surface area contributed by atoms with Crippen LogP contribution in [0.4, 0.5) is 27.8 Å². The van der Waals surface area contributed by atoms with Gasteiger partial charge in [-0.2, -0.15) is 26.7 Å². The van der Waals surface area contributed by atoms with Gasteiger partial charge in [-0.05, 0) is 6.42 Å². The molecule has 0 radical (unpaired) electrons. The van der Waals surface area contributed by atoms with Crippen LogP contribution in [0.5, 0.6) is 0 Å². The van der Waals surface area contributed by atoms with Crippen LogP contribution in [0.25, 0.3) is 11.2 Å². The molecule has 196 valence electrons. The normalized spacial score (nSPS) is 18.9. The van der Waals surface area contributed by atoms with E-state index in [2.05, 4.69) is 40.4 Å². The first-order valence-electron chi connectivity index (χ1n) is 11.4. The summed E-state index contributed by atoms with van der Waals surface area (Å²) in [6, 6.07) is 7.00. The number of halogens is 5. The number of aliphatic hydroxyl groups excluding tert-OH is 1. The average Bonchev–Trinajstić information content (AvgIpc) is 3.45. The SMILES string of the molecule is O[C@H]1CCN(c2nc(C(F)(F)c3ccccc3)nc3nn(Cc4ncncc4C4(C(F)(F)F)N=N4)nc23)C1. The predicted molar refractivity (Wildman–Crippen MR) is 119 cm³/mol. The Hall–Kier alpha value is -4.21. The van der Waals surface area contributed by atoms with Crippen molar-refractivity contribution in [2.45, 2.75) is 36.8 Å². The third kappa shape index (κ3) is 3.91. The van der Waals surface area contributed by atoms with Crippen LogP contribution in [0, 0.1) is 0 Å². The molecule has 2 aliphatic rings. The second-order valence-corrected chi connectivity index (χ2v) is 8.86. The fourth-order valence-corrected chi connectivity index (χ4v) is 4.31. The van der Waals surface area contributed by atoms with Crippen molar-refractivity contribution in [2.24, 2.45) is 10.2 Å². The van der Waals surface area contributed by atoms with E-state index < -0.39 is 29.7 Å². The van der Waals surface area contributed by atoms with E-state index in [4.69, 9.17) is 0 Å². The molecule has 2 aliphatic heterocycles. The lowest BCUT2D eigenvalue weighted by Gasteiger charge is -2.20. The number of hydrogen-bond donors (Lipinski definition) is 1. The van der Waals surface area contributed by atoms with Crippen molar-refractivity contribution in [1.29, 1.82) is 0 Å². The van der Waals surface area contributed by atoms with E-state index in [0.29, 0.717) is 13.0 Å². The van der Waals surface area contributed by atoms with Gasteiger partial charge in [-0.25, -0.2) is 19.9 Å². The number of rotatable bonds is 6. The number of β-amino-alcohol motifs (C(OH)–C–C–N with tert-alkyl or cyclic N) is 1. The molecule has 0 aliphatic carbocycles. The molecule has 1 N–H and O–H groups in total. The van der Waals surface area contributed by atoms with Crippen LogP contribution in [-0.2, 0) is 18.1 Å². The Balaban J connectivity index is 1.44. The molecule has 6 rings (SSSR count). The number of hydrogen-bond acceptors (Lipinski definition) is 10. The number of aliphatic hydroxyl groups is 1. The van der Waals surface area contributed by atoms with Crippen molar-refractivity contribution in [1.82, 2.24) is 34.9 Å². The number of benzene rings is 1. The molecule has 0 unspecified atom stereocenters. The van der Waals surface area contributed by atoms with E-state index in [1.54, 1.807) is 11.0 Å². The summed E-state index contributed by atoms with van der Waals surface area (Å²) < 4.78 is 71.7. The van der Waals surface area contributed by atoms with Crippen LogP contribution in [0.1, 0.15) is 29.1 Å². The molecule has 0 spiro atoms. The smallest absolute Gasteiger partial charge is 0.391 e. The monoisotopic (exact) mass is 532 g/mol. The molecular weight excluding hydrogens is 515 g/mol. The van der Waals surface area contributed by atoms with Crippen molar-refractivity contribution in [3.05, 3.63) is 65.5 Å². The molecule has 5 heterocycles. The Kier molecular flexibility index (Phi) is 5.34. The Morgan fingerprint density at radius 3 is 2.45 bits per heavy atom. The van der Waals surface area contributed by atoms with Gasteiger partial charge in [0.1, 0.15) is 12.9 Å². The van der Waals surface area contributed by atoms with E-state index in [9.17, 15) is 18.3 Å². The average molecular weight is 532 g/mol. The van der Waals surface area contributed by atoms with E-state index in [0.717, 1.165) is 17.3 Å². The van der Waals surface area contributed by atoms with Crippen LogP contribution in [0.15, 0.2) is 53.1 Å².